The Morgan fingerprint density at radius 1 is 1.24 bits per heavy atom. The maximum absolute atomic E-state index is 6.21. The summed E-state index contributed by atoms with van der Waals surface area (Å²) in [6.07, 6.45) is 11.0. The molecule has 0 amide bonds. The van der Waals surface area contributed by atoms with Crippen molar-refractivity contribution in [2.75, 3.05) is 6.54 Å². The third kappa shape index (κ3) is 5.26. The summed E-state index contributed by atoms with van der Waals surface area (Å²) < 4.78 is 0.976. The van der Waals surface area contributed by atoms with E-state index in [4.69, 9.17) is 11.6 Å². The first kappa shape index (κ1) is 17.3. The molecule has 2 rings (SSSR count). The highest BCUT2D eigenvalue weighted by Crippen LogP contribution is 2.43. The third-order valence-electron chi connectivity index (χ3n) is 4.93. The predicted octanol–water partition coefficient (Wildman–Crippen LogP) is 5.98. The van der Waals surface area contributed by atoms with Gasteiger partial charge in [-0.15, -0.1) is 11.3 Å². The Bertz CT molecular complexity index is 413. The van der Waals surface area contributed by atoms with Crippen LogP contribution in [0.25, 0.3) is 0 Å². The van der Waals surface area contributed by atoms with E-state index in [1.54, 1.807) is 11.3 Å². The first-order valence-corrected chi connectivity index (χ1v) is 9.68. The fourth-order valence-corrected chi connectivity index (χ4v) is 4.83. The first-order chi connectivity index (χ1) is 10.0. The molecule has 1 aliphatic rings. The molecule has 0 bridgehead atoms. The Balaban J connectivity index is 1.92. The van der Waals surface area contributed by atoms with Crippen LogP contribution in [0.4, 0.5) is 0 Å². The Kier molecular flexibility index (Phi) is 6.58. The van der Waals surface area contributed by atoms with Gasteiger partial charge in [0.25, 0.3) is 0 Å². The molecule has 1 aromatic rings. The van der Waals surface area contributed by atoms with E-state index in [1.165, 1.54) is 68.4 Å². The minimum Gasteiger partial charge on any atom is -0.315 e. The van der Waals surface area contributed by atoms with Crippen molar-refractivity contribution in [2.24, 2.45) is 5.41 Å². The standard InChI is InChI=1S/C18H30ClNS/c1-14(2)20-12-11-18(8-5-4-6-9-18)10-7-16-13-15(3)17(19)21-16/h13-14,20H,4-12H2,1-3H3. The van der Waals surface area contributed by atoms with E-state index < -0.39 is 0 Å². The van der Waals surface area contributed by atoms with E-state index in [-0.39, 0.29) is 0 Å². The van der Waals surface area contributed by atoms with Gasteiger partial charge in [0.2, 0.25) is 0 Å². The second-order valence-corrected chi connectivity index (χ2v) is 8.83. The Labute approximate surface area is 139 Å². The molecule has 0 atom stereocenters. The molecule has 0 radical (unpaired) electrons. The van der Waals surface area contributed by atoms with E-state index >= 15 is 0 Å². The van der Waals surface area contributed by atoms with Crippen molar-refractivity contribution >= 4 is 22.9 Å². The van der Waals surface area contributed by atoms with Crippen LogP contribution in [-0.2, 0) is 6.42 Å². The summed E-state index contributed by atoms with van der Waals surface area (Å²) in [5, 5.41) is 3.61. The summed E-state index contributed by atoms with van der Waals surface area (Å²) in [4.78, 5) is 1.47. The van der Waals surface area contributed by atoms with Crippen molar-refractivity contribution in [2.45, 2.75) is 78.2 Å². The van der Waals surface area contributed by atoms with Crippen LogP contribution in [0.1, 0.15) is 69.2 Å². The molecular weight excluding hydrogens is 298 g/mol. The minimum absolute atomic E-state index is 0.574. The van der Waals surface area contributed by atoms with Crippen molar-refractivity contribution in [3.05, 3.63) is 20.8 Å². The molecule has 1 nitrogen and oxygen atoms in total. The first-order valence-electron chi connectivity index (χ1n) is 8.49. The molecule has 1 fully saturated rings. The molecule has 120 valence electrons. The minimum atomic E-state index is 0.574. The molecule has 21 heavy (non-hydrogen) atoms. The molecule has 0 unspecified atom stereocenters. The highest BCUT2D eigenvalue weighted by atomic mass is 35.5. The molecule has 1 saturated carbocycles. The molecule has 1 aromatic heterocycles. The molecular formula is C18H30ClNS. The van der Waals surface area contributed by atoms with E-state index in [0.717, 1.165) is 4.34 Å². The van der Waals surface area contributed by atoms with Gasteiger partial charge in [-0.2, -0.15) is 0 Å². The zero-order valence-corrected chi connectivity index (χ0v) is 15.4. The molecule has 1 N–H and O–H groups in total. The lowest BCUT2D eigenvalue weighted by molar-refractivity contribution is 0.156. The zero-order chi connectivity index (χ0) is 15.3. The zero-order valence-electron chi connectivity index (χ0n) is 13.8. The average molecular weight is 328 g/mol. The lowest BCUT2D eigenvalue weighted by Crippen LogP contribution is -2.32. The van der Waals surface area contributed by atoms with Crippen molar-refractivity contribution < 1.29 is 0 Å². The highest BCUT2D eigenvalue weighted by molar-refractivity contribution is 7.16. The third-order valence-corrected chi connectivity index (χ3v) is 6.55. The number of rotatable bonds is 7. The van der Waals surface area contributed by atoms with Gasteiger partial charge in [0.15, 0.2) is 0 Å². The van der Waals surface area contributed by atoms with Crippen LogP contribution >= 0.6 is 22.9 Å². The molecule has 1 aliphatic carbocycles. The molecule has 0 spiro atoms. The van der Waals surface area contributed by atoms with Gasteiger partial charge in [0, 0.05) is 10.9 Å². The van der Waals surface area contributed by atoms with E-state index in [0.29, 0.717) is 11.5 Å². The van der Waals surface area contributed by atoms with Crippen LogP contribution in [0.3, 0.4) is 0 Å². The number of thiophene rings is 1. The monoisotopic (exact) mass is 327 g/mol. The van der Waals surface area contributed by atoms with E-state index in [2.05, 4.69) is 32.2 Å². The number of hydrogen-bond donors (Lipinski definition) is 1. The molecule has 3 heteroatoms. The largest absolute Gasteiger partial charge is 0.315 e. The normalized spacial score (nSPS) is 18.3. The van der Waals surface area contributed by atoms with Crippen LogP contribution < -0.4 is 5.32 Å². The summed E-state index contributed by atoms with van der Waals surface area (Å²) in [7, 11) is 0. The topological polar surface area (TPSA) is 12.0 Å². The summed E-state index contributed by atoms with van der Waals surface area (Å²) in [5.41, 5.74) is 1.82. The number of hydrogen-bond acceptors (Lipinski definition) is 2. The maximum Gasteiger partial charge on any atom is 0.0960 e. The summed E-state index contributed by atoms with van der Waals surface area (Å²) >= 11 is 7.99. The van der Waals surface area contributed by atoms with Crippen LogP contribution in [0.2, 0.25) is 4.34 Å². The van der Waals surface area contributed by atoms with Crippen molar-refractivity contribution in [3.8, 4) is 0 Å². The molecule has 0 saturated heterocycles. The van der Waals surface area contributed by atoms with E-state index in [9.17, 15) is 0 Å². The SMILES string of the molecule is Cc1cc(CCC2(CCNC(C)C)CCCCC2)sc1Cl. The smallest absolute Gasteiger partial charge is 0.0960 e. The van der Waals surface area contributed by atoms with Gasteiger partial charge >= 0.3 is 0 Å². The predicted molar refractivity (Wildman–Crippen MR) is 95.7 cm³/mol. The van der Waals surface area contributed by atoms with Gasteiger partial charge in [-0.3, -0.25) is 0 Å². The van der Waals surface area contributed by atoms with Crippen molar-refractivity contribution in [1.82, 2.24) is 5.32 Å². The Hall–Kier alpha value is -0.0500. The van der Waals surface area contributed by atoms with Gasteiger partial charge < -0.3 is 5.32 Å². The fourth-order valence-electron chi connectivity index (χ4n) is 3.59. The van der Waals surface area contributed by atoms with Gasteiger partial charge in [-0.25, -0.2) is 0 Å². The summed E-state index contributed by atoms with van der Waals surface area (Å²) in [6.45, 7) is 7.76. The summed E-state index contributed by atoms with van der Waals surface area (Å²) in [5.74, 6) is 0. The van der Waals surface area contributed by atoms with Crippen molar-refractivity contribution in [3.63, 3.8) is 0 Å². The number of aryl methyl sites for hydroxylation is 2. The Morgan fingerprint density at radius 3 is 2.52 bits per heavy atom. The second-order valence-electron chi connectivity index (χ2n) is 7.09. The van der Waals surface area contributed by atoms with Crippen LogP contribution in [0.15, 0.2) is 6.07 Å². The fraction of sp³-hybridized carbons (Fsp3) is 0.778. The number of nitrogens with one attached hydrogen (secondary N) is 1. The van der Waals surface area contributed by atoms with Gasteiger partial charge in [-0.05, 0) is 62.6 Å². The average Bonchev–Trinajstić information content (AvgIpc) is 2.77. The Morgan fingerprint density at radius 2 is 1.95 bits per heavy atom. The molecule has 1 heterocycles. The van der Waals surface area contributed by atoms with E-state index in [1.807, 2.05) is 0 Å². The quantitative estimate of drug-likeness (QED) is 0.649. The van der Waals surface area contributed by atoms with Crippen LogP contribution in [0, 0.1) is 12.3 Å². The van der Waals surface area contributed by atoms with Crippen LogP contribution in [0.5, 0.6) is 0 Å². The highest BCUT2D eigenvalue weighted by Gasteiger charge is 2.31. The molecule has 0 aliphatic heterocycles. The number of halogens is 1. The van der Waals surface area contributed by atoms with Gasteiger partial charge in [0.1, 0.15) is 0 Å². The summed E-state index contributed by atoms with van der Waals surface area (Å²) in [6, 6.07) is 2.89. The van der Waals surface area contributed by atoms with Crippen LogP contribution in [-0.4, -0.2) is 12.6 Å². The lowest BCUT2D eigenvalue weighted by Gasteiger charge is -2.38. The second kappa shape index (κ2) is 7.99. The molecule has 0 aromatic carbocycles. The van der Waals surface area contributed by atoms with Crippen molar-refractivity contribution in [1.29, 1.82) is 0 Å². The lowest BCUT2D eigenvalue weighted by atomic mass is 9.69. The van der Waals surface area contributed by atoms with Gasteiger partial charge in [-0.1, -0.05) is 44.7 Å². The van der Waals surface area contributed by atoms with Gasteiger partial charge in [0.05, 0.1) is 4.34 Å². The maximum atomic E-state index is 6.21.